The highest BCUT2D eigenvalue weighted by Crippen LogP contribution is 2.17. The van der Waals surface area contributed by atoms with E-state index in [9.17, 15) is 9.59 Å². The highest BCUT2D eigenvalue weighted by molar-refractivity contribution is 7.99. The summed E-state index contributed by atoms with van der Waals surface area (Å²) >= 11 is 1.56. The smallest absolute Gasteiger partial charge is 0.327 e. The van der Waals surface area contributed by atoms with E-state index in [0.29, 0.717) is 18.8 Å². The molecule has 1 aliphatic heterocycles. The SMILES string of the molecule is Cc1cnccc1CNC(=O)N1CCSCC1C(=O)O. The second kappa shape index (κ2) is 6.60. The molecule has 0 spiro atoms. The first-order valence-corrected chi connectivity index (χ1v) is 7.49. The van der Waals surface area contributed by atoms with Crippen molar-refractivity contribution < 1.29 is 14.7 Å². The summed E-state index contributed by atoms with van der Waals surface area (Å²) in [6.45, 7) is 2.76. The summed E-state index contributed by atoms with van der Waals surface area (Å²) < 4.78 is 0. The lowest BCUT2D eigenvalue weighted by atomic mass is 10.1. The maximum Gasteiger partial charge on any atom is 0.327 e. The van der Waals surface area contributed by atoms with E-state index >= 15 is 0 Å². The number of rotatable bonds is 3. The van der Waals surface area contributed by atoms with Gasteiger partial charge in [-0.1, -0.05) is 0 Å². The standard InChI is InChI=1S/C13H17N3O3S/c1-9-6-14-3-2-10(9)7-15-13(19)16-4-5-20-8-11(16)12(17)18/h2-3,6,11H,4-5,7-8H2,1H3,(H,15,19)(H,17,18). The summed E-state index contributed by atoms with van der Waals surface area (Å²) in [5.41, 5.74) is 1.98. The number of pyridine rings is 1. The molecule has 0 saturated carbocycles. The number of carboxylic acids is 1. The van der Waals surface area contributed by atoms with E-state index in [-0.39, 0.29) is 6.03 Å². The van der Waals surface area contributed by atoms with Crippen LogP contribution in [-0.4, -0.2) is 51.1 Å². The fourth-order valence-electron chi connectivity index (χ4n) is 2.02. The molecule has 1 saturated heterocycles. The number of hydrogen-bond acceptors (Lipinski definition) is 4. The van der Waals surface area contributed by atoms with Gasteiger partial charge >= 0.3 is 12.0 Å². The Hall–Kier alpha value is -1.76. The molecule has 2 N–H and O–H groups in total. The average molecular weight is 295 g/mol. The molecule has 0 aliphatic carbocycles. The van der Waals surface area contributed by atoms with Crippen LogP contribution < -0.4 is 5.32 Å². The number of carboxylic acid groups (broad SMARTS) is 1. The van der Waals surface area contributed by atoms with Gasteiger partial charge in [0.15, 0.2) is 0 Å². The molecule has 2 rings (SSSR count). The molecule has 0 radical (unpaired) electrons. The number of nitrogens with one attached hydrogen (secondary N) is 1. The van der Waals surface area contributed by atoms with E-state index in [2.05, 4.69) is 10.3 Å². The molecular formula is C13H17N3O3S. The predicted molar refractivity (Wildman–Crippen MR) is 76.7 cm³/mol. The molecule has 7 heteroatoms. The highest BCUT2D eigenvalue weighted by Gasteiger charge is 2.32. The van der Waals surface area contributed by atoms with Gasteiger partial charge in [0.05, 0.1) is 0 Å². The van der Waals surface area contributed by atoms with E-state index in [1.807, 2.05) is 13.0 Å². The maximum atomic E-state index is 12.1. The molecule has 20 heavy (non-hydrogen) atoms. The number of aromatic nitrogens is 1. The number of carbonyl (C=O) groups excluding carboxylic acids is 1. The molecule has 1 aromatic rings. The minimum atomic E-state index is -0.951. The summed E-state index contributed by atoms with van der Waals surface area (Å²) in [6, 6.07) is 0.775. The Kier molecular flexibility index (Phi) is 4.84. The van der Waals surface area contributed by atoms with Crippen molar-refractivity contribution in [3.63, 3.8) is 0 Å². The summed E-state index contributed by atoms with van der Waals surface area (Å²) in [5, 5.41) is 11.9. The van der Waals surface area contributed by atoms with Crippen molar-refractivity contribution in [1.29, 1.82) is 0 Å². The van der Waals surface area contributed by atoms with Gasteiger partial charge in [-0.25, -0.2) is 9.59 Å². The van der Waals surface area contributed by atoms with Crippen molar-refractivity contribution in [3.8, 4) is 0 Å². The first-order chi connectivity index (χ1) is 9.59. The number of carbonyl (C=O) groups is 2. The second-order valence-electron chi connectivity index (χ2n) is 4.58. The van der Waals surface area contributed by atoms with Crippen LogP contribution in [-0.2, 0) is 11.3 Å². The van der Waals surface area contributed by atoms with Gasteiger partial charge in [0.25, 0.3) is 0 Å². The number of amides is 2. The molecule has 1 aliphatic rings. The van der Waals surface area contributed by atoms with Crippen molar-refractivity contribution in [3.05, 3.63) is 29.6 Å². The maximum absolute atomic E-state index is 12.1. The van der Waals surface area contributed by atoms with Crippen molar-refractivity contribution >= 4 is 23.8 Å². The molecule has 1 fully saturated rings. The summed E-state index contributed by atoms with van der Waals surface area (Å²) in [6.07, 6.45) is 3.41. The Bertz CT molecular complexity index is 509. The molecule has 1 aromatic heterocycles. The number of aryl methyl sites for hydroxylation is 1. The molecule has 108 valence electrons. The van der Waals surface area contributed by atoms with Crippen LogP contribution in [0.15, 0.2) is 18.5 Å². The molecule has 0 bridgehead atoms. The van der Waals surface area contributed by atoms with E-state index in [0.717, 1.165) is 16.9 Å². The first-order valence-electron chi connectivity index (χ1n) is 6.34. The molecule has 1 unspecified atom stereocenters. The minimum absolute atomic E-state index is 0.325. The Morgan fingerprint density at radius 1 is 1.60 bits per heavy atom. The predicted octanol–water partition coefficient (Wildman–Crippen LogP) is 1.10. The number of thioether (sulfide) groups is 1. The monoisotopic (exact) mass is 295 g/mol. The number of hydrogen-bond donors (Lipinski definition) is 2. The molecular weight excluding hydrogens is 278 g/mol. The lowest BCUT2D eigenvalue weighted by molar-refractivity contribution is -0.141. The fraction of sp³-hybridized carbons (Fsp3) is 0.462. The number of urea groups is 1. The van der Waals surface area contributed by atoms with Crippen LogP contribution in [0.2, 0.25) is 0 Å². The van der Waals surface area contributed by atoms with Crippen LogP contribution in [0.25, 0.3) is 0 Å². The third kappa shape index (κ3) is 3.41. The van der Waals surface area contributed by atoms with Gasteiger partial charge in [-0.2, -0.15) is 11.8 Å². The zero-order chi connectivity index (χ0) is 14.5. The van der Waals surface area contributed by atoms with E-state index in [1.165, 1.54) is 4.90 Å². The van der Waals surface area contributed by atoms with Gasteiger partial charge in [0, 0.05) is 37.0 Å². The molecule has 2 heterocycles. The van der Waals surface area contributed by atoms with E-state index in [4.69, 9.17) is 5.11 Å². The lowest BCUT2D eigenvalue weighted by Crippen LogP contribution is -2.53. The third-order valence-corrected chi connectivity index (χ3v) is 4.26. The number of nitrogens with zero attached hydrogens (tertiary/aromatic N) is 2. The molecule has 0 aromatic carbocycles. The molecule has 1 atom stereocenters. The third-order valence-electron chi connectivity index (χ3n) is 3.24. The zero-order valence-corrected chi connectivity index (χ0v) is 12.0. The van der Waals surface area contributed by atoms with Crippen LogP contribution in [0.5, 0.6) is 0 Å². The van der Waals surface area contributed by atoms with Gasteiger partial charge in [0.2, 0.25) is 0 Å². The first kappa shape index (κ1) is 14.6. The van der Waals surface area contributed by atoms with Crippen molar-refractivity contribution in [2.45, 2.75) is 19.5 Å². The quantitative estimate of drug-likeness (QED) is 0.872. The Morgan fingerprint density at radius 3 is 3.10 bits per heavy atom. The zero-order valence-electron chi connectivity index (χ0n) is 11.2. The largest absolute Gasteiger partial charge is 0.480 e. The number of aliphatic carboxylic acids is 1. The minimum Gasteiger partial charge on any atom is -0.480 e. The summed E-state index contributed by atoms with van der Waals surface area (Å²) in [7, 11) is 0. The van der Waals surface area contributed by atoms with Gasteiger partial charge in [-0.05, 0) is 24.1 Å². The summed E-state index contributed by atoms with van der Waals surface area (Å²) in [5.74, 6) is 0.259. The summed E-state index contributed by atoms with van der Waals surface area (Å²) in [4.78, 5) is 28.7. The van der Waals surface area contributed by atoms with Gasteiger partial charge in [-0.3, -0.25) is 4.98 Å². The van der Waals surface area contributed by atoms with Crippen LogP contribution in [0, 0.1) is 6.92 Å². The fourth-order valence-corrected chi connectivity index (χ4v) is 3.06. The van der Waals surface area contributed by atoms with Crippen LogP contribution in [0.4, 0.5) is 4.79 Å². The molecule has 6 nitrogen and oxygen atoms in total. The van der Waals surface area contributed by atoms with E-state index in [1.54, 1.807) is 24.2 Å². The average Bonchev–Trinajstić information content (AvgIpc) is 2.46. The Morgan fingerprint density at radius 2 is 2.40 bits per heavy atom. The van der Waals surface area contributed by atoms with Crippen LogP contribution in [0.3, 0.4) is 0 Å². The Balaban J connectivity index is 1.97. The van der Waals surface area contributed by atoms with Crippen LogP contribution >= 0.6 is 11.8 Å². The van der Waals surface area contributed by atoms with Crippen LogP contribution in [0.1, 0.15) is 11.1 Å². The lowest BCUT2D eigenvalue weighted by Gasteiger charge is -2.32. The Labute approximate surface area is 121 Å². The normalized spacial score (nSPS) is 18.6. The second-order valence-corrected chi connectivity index (χ2v) is 5.73. The van der Waals surface area contributed by atoms with Gasteiger partial charge in [-0.15, -0.1) is 0 Å². The van der Waals surface area contributed by atoms with E-state index < -0.39 is 12.0 Å². The topological polar surface area (TPSA) is 82.5 Å². The highest BCUT2D eigenvalue weighted by atomic mass is 32.2. The van der Waals surface area contributed by atoms with Crippen molar-refractivity contribution in [2.24, 2.45) is 0 Å². The van der Waals surface area contributed by atoms with Gasteiger partial charge in [0.1, 0.15) is 6.04 Å². The van der Waals surface area contributed by atoms with Gasteiger partial charge < -0.3 is 15.3 Å². The molecule has 2 amide bonds. The van der Waals surface area contributed by atoms with Crippen molar-refractivity contribution in [1.82, 2.24) is 15.2 Å². The van der Waals surface area contributed by atoms with Crippen molar-refractivity contribution in [2.75, 3.05) is 18.1 Å².